The second kappa shape index (κ2) is 8.48. The van der Waals surface area contributed by atoms with Crippen LogP contribution in [-0.4, -0.2) is 39.3 Å². The molecule has 9 heteroatoms. The number of nitrogens with one attached hydrogen (secondary N) is 1. The van der Waals surface area contributed by atoms with E-state index in [1.165, 1.54) is 14.1 Å². The maximum Gasteiger partial charge on any atom is 0.304 e. The lowest BCUT2D eigenvalue weighted by molar-refractivity contribution is -0.114. The zero-order valence-corrected chi connectivity index (χ0v) is 17.8. The number of amides is 1. The van der Waals surface area contributed by atoms with Gasteiger partial charge in [0.05, 0.1) is 21.4 Å². The van der Waals surface area contributed by atoms with Crippen molar-refractivity contribution in [3.05, 3.63) is 57.6 Å². The Labute approximate surface area is 169 Å². The largest absolute Gasteiger partial charge is 0.323 e. The highest BCUT2D eigenvalue weighted by molar-refractivity contribution is 7.90. The van der Waals surface area contributed by atoms with Crippen LogP contribution in [0.2, 0.25) is 10.0 Å². The molecule has 1 amide bonds. The van der Waals surface area contributed by atoms with E-state index in [2.05, 4.69) is 5.32 Å². The maximum absolute atomic E-state index is 12.8. The number of nitrogens with zero attached hydrogens (tertiary/aromatic N) is 2. The fraction of sp³-hybridized carbons (Fsp3) is 0.278. The maximum atomic E-state index is 12.8. The van der Waals surface area contributed by atoms with Crippen LogP contribution >= 0.6 is 23.2 Å². The topological polar surface area (TPSA) is 69.7 Å². The van der Waals surface area contributed by atoms with Gasteiger partial charge in [0, 0.05) is 14.1 Å². The van der Waals surface area contributed by atoms with Crippen LogP contribution in [0, 0.1) is 13.8 Å². The molecule has 0 aromatic heterocycles. The normalized spacial score (nSPS) is 11.5. The summed E-state index contributed by atoms with van der Waals surface area (Å²) >= 11 is 12.0. The first-order valence-electron chi connectivity index (χ1n) is 8.05. The standard InChI is InChI=1S/C18H21Cl2N3O3S/c1-12-8-9-13(2)16(10-12)23(27(25,26)22(3)4)11-17(24)21-15-7-5-6-14(19)18(15)20/h5-10H,11H2,1-4H3,(H,21,24). The molecule has 0 heterocycles. The van der Waals surface area contributed by atoms with E-state index in [-0.39, 0.29) is 5.02 Å². The van der Waals surface area contributed by atoms with Gasteiger partial charge < -0.3 is 5.32 Å². The van der Waals surface area contributed by atoms with Crippen LogP contribution < -0.4 is 9.62 Å². The Morgan fingerprint density at radius 1 is 1.11 bits per heavy atom. The SMILES string of the molecule is Cc1ccc(C)c(N(CC(=O)Nc2cccc(Cl)c2Cl)S(=O)(=O)N(C)C)c1. The number of carbonyl (C=O) groups is 1. The molecule has 6 nitrogen and oxygen atoms in total. The van der Waals surface area contributed by atoms with E-state index in [1.807, 2.05) is 19.1 Å². The Morgan fingerprint density at radius 3 is 2.41 bits per heavy atom. The minimum absolute atomic E-state index is 0.196. The predicted octanol–water partition coefficient (Wildman–Crippen LogP) is 3.86. The van der Waals surface area contributed by atoms with Crippen molar-refractivity contribution in [3.63, 3.8) is 0 Å². The second-order valence-corrected chi connectivity index (χ2v) is 9.09. The fourth-order valence-electron chi connectivity index (χ4n) is 2.40. The van der Waals surface area contributed by atoms with Gasteiger partial charge in [0.1, 0.15) is 6.54 Å². The number of hydrogen-bond donors (Lipinski definition) is 1. The summed E-state index contributed by atoms with van der Waals surface area (Å²) in [6.45, 7) is 3.24. The van der Waals surface area contributed by atoms with E-state index in [9.17, 15) is 13.2 Å². The highest BCUT2D eigenvalue weighted by Gasteiger charge is 2.28. The molecule has 0 radical (unpaired) electrons. The van der Waals surface area contributed by atoms with Crippen molar-refractivity contribution in [1.82, 2.24) is 4.31 Å². The first kappa shape index (κ1) is 21.5. The third-order valence-electron chi connectivity index (χ3n) is 3.89. The highest BCUT2D eigenvalue weighted by atomic mass is 35.5. The summed E-state index contributed by atoms with van der Waals surface area (Å²) in [5.41, 5.74) is 2.38. The van der Waals surface area contributed by atoms with Crippen LogP contribution in [0.3, 0.4) is 0 Å². The van der Waals surface area contributed by atoms with E-state index < -0.39 is 22.7 Å². The van der Waals surface area contributed by atoms with Gasteiger partial charge in [-0.1, -0.05) is 41.4 Å². The summed E-state index contributed by atoms with van der Waals surface area (Å²) < 4.78 is 27.8. The molecule has 0 aliphatic carbocycles. The van der Waals surface area contributed by atoms with Crippen molar-refractivity contribution in [3.8, 4) is 0 Å². The number of halogens is 2. The van der Waals surface area contributed by atoms with Crippen molar-refractivity contribution < 1.29 is 13.2 Å². The summed E-state index contributed by atoms with van der Waals surface area (Å²) in [5.74, 6) is -0.537. The number of carbonyl (C=O) groups excluding carboxylic acids is 1. The van der Waals surface area contributed by atoms with Gasteiger partial charge in [-0.15, -0.1) is 0 Å². The highest BCUT2D eigenvalue weighted by Crippen LogP contribution is 2.30. The smallest absolute Gasteiger partial charge is 0.304 e. The predicted molar refractivity (Wildman–Crippen MR) is 111 cm³/mol. The van der Waals surface area contributed by atoms with Crippen LogP contribution in [0.5, 0.6) is 0 Å². The zero-order valence-electron chi connectivity index (χ0n) is 15.5. The molecule has 27 heavy (non-hydrogen) atoms. The first-order valence-corrected chi connectivity index (χ1v) is 10.2. The molecule has 0 bridgehead atoms. The third kappa shape index (κ3) is 4.93. The van der Waals surface area contributed by atoms with Crippen molar-refractivity contribution in [2.45, 2.75) is 13.8 Å². The van der Waals surface area contributed by atoms with Gasteiger partial charge in [-0.3, -0.25) is 4.79 Å². The molecule has 0 aliphatic rings. The lowest BCUT2D eigenvalue weighted by Crippen LogP contribution is -2.44. The molecule has 0 spiro atoms. The Morgan fingerprint density at radius 2 is 1.78 bits per heavy atom. The lowest BCUT2D eigenvalue weighted by Gasteiger charge is -2.28. The molecule has 0 unspecified atom stereocenters. The number of benzene rings is 2. The Bertz CT molecular complexity index is 962. The monoisotopic (exact) mass is 429 g/mol. The zero-order chi connectivity index (χ0) is 20.4. The molecule has 0 atom stereocenters. The van der Waals surface area contributed by atoms with E-state index in [0.717, 1.165) is 19.7 Å². The van der Waals surface area contributed by atoms with Crippen molar-refractivity contribution >= 4 is 50.7 Å². The summed E-state index contributed by atoms with van der Waals surface area (Å²) in [6.07, 6.45) is 0. The molecule has 2 aromatic carbocycles. The lowest BCUT2D eigenvalue weighted by atomic mass is 10.1. The number of anilines is 2. The van der Waals surface area contributed by atoms with Gasteiger partial charge in [0.2, 0.25) is 5.91 Å². The fourth-order valence-corrected chi connectivity index (χ4v) is 3.86. The van der Waals surface area contributed by atoms with Gasteiger partial charge in [-0.2, -0.15) is 12.7 Å². The molecule has 0 aliphatic heterocycles. The number of rotatable bonds is 6. The average Bonchev–Trinajstić information content (AvgIpc) is 2.59. The quantitative estimate of drug-likeness (QED) is 0.757. The Kier molecular flexibility index (Phi) is 6.75. The molecular weight excluding hydrogens is 409 g/mol. The Balaban J connectivity index is 2.39. The van der Waals surface area contributed by atoms with Crippen LogP contribution in [0.15, 0.2) is 36.4 Å². The third-order valence-corrected chi connectivity index (χ3v) is 6.51. The minimum Gasteiger partial charge on any atom is -0.323 e. The molecular formula is C18H21Cl2N3O3S. The van der Waals surface area contributed by atoms with E-state index in [1.54, 1.807) is 31.2 Å². The molecule has 2 aromatic rings. The number of hydrogen-bond acceptors (Lipinski definition) is 3. The summed E-state index contributed by atoms with van der Waals surface area (Å²) in [5, 5.41) is 3.11. The molecule has 0 saturated carbocycles. The van der Waals surface area contributed by atoms with Crippen molar-refractivity contribution in [1.29, 1.82) is 0 Å². The van der Waals surface area contributed by atoms with Gasteiger partial charge >= 0.3 is 10.2 Å². The van der Waals surface area contributed by atoms with Crippen molar-refractivity contribution in [2.75, 3.05) is 30.3 Å². The molecule has 2 rings (SSSR count). The van der Waals surface area contributed by atoms with Crippen LogP contribution in [0.4, 0.5) is 11.4 Å². The van der Waals surface area contributed by atoms with E-state index in [4.69, 9.17) is 23.2 Å². The number of aryl methyl sites for hydroxylation is 2. The molecule has 0 fully saturated rings. The van der Waals surface area contributed by atoms with Gasteiger partial charge in [-0.25, -0.2) is 4.31 Å². The van der Waals surface area contributed by atoms with E-state index >= 15 is 0 Å². The minimum atomic E-state index is -3.89. The molecule has 1 N–H and O–H groups in total. The first-order chi connectivity index (χ1) is 12.5. The summed E-state index contributed by atoms with van der Waals surface area (Å²) in [7, 11) is -1.06. The average molecular weight is 430 g/mol. The van der Waals surface area contributed by atoms with Crippen molar-refractivity contribution in [2.24, 2.45) is 0 Å². The van der Waals surface area contributed by atoms with Crippen LogP contribution in [-0.2, 0) is 15.0 Å². The van der Waals surface area contributed by atoms with Gasteiger partial charge in [-0.05, 0) is 43.2 Å². The molecule has 0 saturated heterocycles. The second-order valence-electron chi connectivity index (χ2n) is 6.24. The van der Waals surface area contributed by atoms with Gasteiger partial charge in [0.25, 0.3) is 0 Å². The summed E-state index contributed by atoms with van der Waals surface area (Å²) in [6, 6.07) is 10.3. The summed E-state index contributed by atoms with van der Waals surface area (Å²) in [4.78, 5) is 12.6. The molecule has 146 valence electrons. The van der Waals surface area contributed by atoms with E-state index in [0.29, 0.717) is 16.4 Å². The Hall–Kier alpha value is -1.80. The van der Waals surface area contributed by atoms with Crippen LogP contribution in [0.1, 0.15) is 11.1 Å². The van der Waals surface area contributed by atoms with Gasteiger partial charge in [0.15, 0.2) is 0 Å². The van der Waals surface area contributed by atoms with Crippen LogP contribution in [0.25, 0.3) is 0 Å².